The topological polar surface area (TPSA) is 61.5 Å². The van der Waals surface area contributed by atoms with E-state index in [1.807, 2.05) is 6.92 Å². The minimum absolute atomic E-state index is 0.231. The second-order valence-corrected chi connectivity index (χ2v) is 3.48. The first-order chi connectivity index (χ1) is 7.65. The number of rotatable bonds is 5. The van der Waals surface area contributed by atoms with Crippen molar-refractivity contribution >= 4 is 23.3 Å². The zero-order valence-electron chi connectivity index (χ0n) is 9.03. The lowest BCUT2D eigenvalue weighted by molar-refractivity contribution is 0.0335. The van der Waals surface area contributed by atoms with Gasteiger partial charge in [-0.3, -0.25) is 0 Å². The molecule has 2 N–H and O–H groups in total. The first-order valence-corrected chi connectivity index (χ1v) is 5.33. The van der Waals surface area contributed by atoms with Gasteiger partial charge in [0.05, 0.1) is 22.9 Å². The summed E-state index contributed by atoms with van der Waals surface area (Å²) in [5, 5.41) is 0.347. The Morgan fingerprint density at radius 3 is 2.81 bits per heavy atom. The molecule has 1 aromatic carbocycles. The molecular weight excluding hydrogens is 230 g/mol. The number of nitrogens with two attached hydrogens (primary N) is 1. The molecule has 0 radical (unpaired) electrons. The van der Waals surface area contributed by atoms with Crippen molar-refractivity contribution in [2.24, 2.45) is 0 Å². The van der Waals surface area contributed by atoms with Gasteiger partial charge in [0.25, 0.3) is 0 Å². The third-order valence-corrected chi connectivity index (χ3v) is 2.23. The van der Waals surface area contributed by atoms with E-state index in [-0.39, 0.29) is 6.61 Å². The summed E-state index contributed by atoms with van der Waals surface area (Å²) in [6, 6.07) is 4.63. The minimum Gasteiger partial charge on any atom is -0.460 e. The fourth-order valence-corrected chi connectivity index (χ4v) is 1.26. The Bertz CT molecular complexity index is 368. The molecule has 0 aliphatic carbocycles. The number of carbonyl (C=O) groups is 1. The van der Waals surface area contributed by atoms with E-state index in [0.717, 1.165) is 0 Å². The highest BCUT2D eigenvalue weighted by atomic mass is 35.5. The van der Waals surface area contributed by atoms with Crippen LogP contribution in [0.4, 0.5) is 5.69 Å². The van der Waals surface area contributed by atoms with Gasteiger partial charge >= 0.3 is 5.97 Å². The lowest BCUT2D eigenvalue weighted by atomic mass is 10.2. The van der Waals surface area contributed by atoms with Crippen molar-refractivity contribution in [3.63, 3.8) is 0 Å². The van der Waals surface area contributed by atoms with Crippen LogP contribution in [-0.2, 0) is 9.47 Å². The average Bonchev–Trinajstić information content (AvgIpc) is 2.28. The Balaban J connectivity index is 2.50. The van der Waals surface area contributed by atoms with E-state index in [1.165, 1.54) is 6.07 Å². The van der Waals surface area contributed by atoms with Gasteiger partial charge in [0.15, 0.2) is 0 Å². The molecule has 0 aromatic heterocycles. The van der Waals surface area contributed by atoms with Crippen LogP contribution in [0.15, 0.2) is 18.2 Å². The maximum Gasteiger partial charge on any atom is 0.338 e. The number of carbonyl (C=O) groups excluding carboxylic acids is 1. The van der Waals surface area contributed by atoms with Gasteiger partial charge in [-0.2, -0.15) is 0 Å². The van der Waals surface area contributed by atoms with Crippen LogP contribution in [0.2, 0.25) is 5.02 Å². The zero-order valence-corrected chi connectivity index (χ0v) is 9.79. The fraction of sp³-hybridized carbons (Fsp3) is 0.364. The number of benzene rings is 1. The summed E-state index contributed by atoms with van der Waals surface area (Å²) in [5.74, 6) is -0.429. The van der Waals surface area contributed by atoms with Crippen LogP contribution in [-0.4, -0.2) is 25.8 Å². The molecule has 1 rings (SSSR count). The van der Waals surface area contributed by atoms with E-state index in [0.29, 0.717) is 29.5 Å². The molecule has 0 atom stereocenters. The minimum atomic E-state index is -0.429. The molecule has 0 fully saturated rings. The molecule has 1 aromatic rings. The van der Waals surface area contributed by atoms with Crippen LogP contribution >= 0.6 is 11.6 Å². The largest absolute Gasteiger partial charge is 0.460 e. The first-order valence-electron chi connectivity index (χ1n) is 4.95. The molecule has 0 heterocycles. The van der Waals surface area contributed by atoms with Crippen molar-refractivity contribution < 1.29 is 14.3 Å². The van der Waals surface area contributed by atoms with Gasteiger partial charge < -0.3 is 15.2 Å². The zero-order chi connectivity index (χ0) is 12.0. The SMILES string of the molecule is CCOCCOC(=O)c1ccc(N)c(Cl)c1. The molecule has 0 unspecified atom stereocenters. The maximum atomic E-state index is 11.5. The standard InChI is InChI=1S/C11H14ClNO3/c1-2-15-5-6-16-11(14)8-3-4-10(13)9(12)7-8/h3-4,7H,2,5-6,13H2,1H3. The Hall–Kier alpha value is -1.26. The summed E-state index contributed by atoms with van der Waals surface area (Å²) in [6.07, 6.45) is 0. The van der Waals surface area contributed by atoms with Crippen molar-refractivity contribution in [3.05, 3.63) is 28.8 Å². The molecule has 0 saturated carbocycles. The fourth-order valence-electron chi connectivity index (χ4n) is 1.08. The Morgan fingerprint density at radius 2 is 2.19 bits per heavy atom. The first kappa shape index (κ1) is 12.8. The Kier molecular flexibility index (Phi) is 5.08. The summed E-state index contributed by atoms with van der Waals surface area (Å²) in [5.41, 5.74) is 6.35. The molecule has 16 heavy (non-hydrogen) atoms. The second-order valence-electron chi connectivity index (χ2n) is 3.07. The molecule has 4 nitrogen and oxygen atoms in total. The molecule has 0 amide bonds. The molecule has 0 bridgehead atoms. The predicted octanol–water partition coefficient (Wildman–Crippen LogP) is 2.12. The van der Waals surface area contributed by atoms with Crippen molar-refractivity contribution in [2.45, 2.75) is 6.92 Å². The number of ether oxygens (including phenoxy) is 2. The molecular formula is C11H14ClNO3. The molecule has 88 valence electrons. The average molecular weight is 244 g/mol. The summed E-state index contributed by atoms with van der Waals surface area (Å²) >= 11 is 5.78. The monoisotopic (exact) mass is 243 g/mol. The molecule has 0 aliphatic heterocycles. The van der Waals surface area contributed by atoms with Crippen LogP contribution in [0, 0.1) is 0 Å². The quantitative estimate of drug-likeness (QED) is 0.489. The number of esters is 1. The highest BCUT2D eigenvalue weighted by molar-refractivity contribution is 6.33. The smallest absolute Gasteiger partial charge is 0.338 e. The number of hydrogen-bond donors (Lipinski definition) is 1. The Labute approximate surface area is 99.3 Å². The van der Waals surface area contributed by atoms with Crippen LogP contribution < -0.4 is 5.73 Å². The third kappa shape index (κ3) is 3.72. The lowest BCUT2D eigenvalue weighted by Gasteiger charge is -2.05. The maximum absolute atomic E-state index is 11.5. The van der Waals surface area contributed by atoms with Gasteiger partial charge in [-0.1, -0.05) is 11.6 Å². The molecule has 0 spiro atoms. The normalized spacial score (nSPS) is 10.1. The van der Waals surface area contributed by atoms with Crippen molar-refractivity contribution in [3.8, 4) is 0 Å². The van der Waals surface area contributed by atoms with Gasteiger partial charge in [0.1, 0.15) is 6.61 Å². The van der Waals surface area contributed by atoms with Gasteiger partial charge in [-0.25, -0.2) is 4.79 Å². The van der Waals surface area contributed by atoms with Gasteiger partial charge in [-0.05, 0) is 25.1 Å². The lowest BCUT2D eigenvalue weighted by Crippen LogP contribution is -2.10. The molecule has 5 heteroatoms. The summed E-state index contributed by atoms with van der Waals surface area (Å²) in [4.78, 5) is 11.5. The molecule has 0 aliphatic rings. The number of anilines is 1. The van der Waals surface area contributed by atoms with E-state index in [9.17, 15) is 4.79 Å². The highest BCUT2D eigenvalue weighted by Crippen LogP contribution is 2.19. The second kappa shape index (κ2) is 6.35. The van der Waals surface area contributed by atoms with E-state index >= 15 is 0 Å². The van der Waals surface area contributed by atoms with Crippen molar-refractivity contribution in [2.75, 3.05) is 25.6 Å². The van der Waals surface area contributed by atoms with Crippen LogP contribution in [0.3, 0.4) is 0 Å². The van der Waals surface area contributed by atoms with Gasteiger partial charge in [0, 0.05) is 6.61 Å². The summed E-state index contributed by atoms with van der Waals surface area (Å²) in [6.45, 7) is 3.10. The van der Waals surface area contributed by atoms with E-state index < -0.39 is 5.97 Å². The van der Waals surface area contributed by atoms with Crippen molar-refractivity contribution in [1.29, 1.82) is 0 Å². The summed E-state index contributed by atoms with van der Waals surface area (Å²) in [7, 11) is 0. The van der Waals surface area contributed by atoms with Gasteiger partial charge in [-0.15, -0.1) is 0 Å². The van der Waals surface area contributed by atoms with Crippen LogP contribution in [0.5, 0.6) is 0 Å². The predicted molar refractivity (Wildman–Crippen MR) is 62.6 cm³/mol. The number of halogens is 1. The highest BCUT2D eigenvalue weighted by Gasteiger charge is 2.08. The third-order valence-electron chi connectivity index (χ3n) is 1.90. The summed E-state index contributed by atoms with van der Waals surface area (Å²) < 4.78 is 10.0. The van der Waals surface area contributed by atoms with Gasteiger partial charge in [0.2, 0.25) is 0 Å². The number of nitrogen functional groups attached to an aromatic ring is 1. The Morgan fingerprint density at radius 1 is 1.44 bits per heavy atom. The van der Waals surface area contributed by atoms with Crippen LogP contribution in [0.1, 0.15) is 17.3 Å². The number of hydrogen-bond acceptors (Lipinski definition) is 4. The van der Waals surface area contributed by atoms with E-state index in [1.54, 1.807) is 12.1 Å². The van der Waals surface area contributed by atoms with E-state index in [2.05, 4.69) is 0 Å². The van der Waals surface area contributed by atoms with Crippen molar-refractivity contribution in [1.82, 2.24) is 0 Å². The van der Waals surface area contributed by atoms with E-state index in [4.69, 9.17) is 26.8 Å². The van der Waals surface area contributed by atoms with Crippen LogP contribution in [0.25, 0.3) is 0 Å². The molecule has 0 saturated heterocycles.